The maximum Gasteiger partial charge on any atom is 0.248 e. The summed E-state index contributed by atoms with van der Waals surface area (Å²) < 4.78 is 20.9. The fourth-order valence-corrected chi connectivity index (χ4v) is 2.29. The van der Waals surface area contributed by atoms with Crippen molar-refractivity contribution in [3.63, 3.8) is 0 Å². The van der Waals surface area contributed by atoms with E-state index in [9.17, 15) is 4.79 Å². The molecule has 3 rings (SSSR count). The molecule has 1 N–H and O–H groups in total. The van der Waals surface area contributed by atoms with E-state index in [-0.39, 0.29) is 12.7 Å². The molecule has 6 heteroatoms. The van der Waals surface area contributed by atoms with Crippen LogP contribution in [-0.4, -0.2) is 26.9 Å². The van der Waals surface area contributed by atoms with Crippen molar-refractivity contribution < 1.29 is 23.7 Å². The third-order valence-electron chi connectivity index (χ3n) is 3.47. The van der Waals surface area contributed by atoms with Crippen molar-refractivity contribution in [2.75, 3.05) is 26.3 Å². The molecule has 2 aromatic carbocycles. The molecule has 0 unspecified atom stereocenters. The van der Waals surface area contributed by atoms with Gasteiger partial charge in [0.1, 0.15) is 0 Å². The van der Waals surface area contributed by atoms with Gasteiger partial charge in [0.15, 0.2) is 23.0 Å². The van der Waals surface area contributed by atoms with Gasteiger partial charge in [-0.3, -0.25) is 4.79 Å². The summed E-state index contributed by atoms with van der Waals surface area (Å²) in [5.41, 5.74) is 1.47. The number of rotatable bonds is 5. The van der Waals surface area contributed by atoms with Crippen LogP contribution < -0.4 is 24.3 Å². The van der Waals surface area contributed by atoms with Gasteiger partial charge in [-0.15, -0.1) is 0 Å². The molecule has 0 saturated heterocycles. The second-order valence-corrected chi connectivity index (χ2v) is 5.01. The minimum absolute atomic E-state index is 0.224. The molecular weight excluding hydrogens is 310 g/mol. The van der Waals surface area contributed by atoms with Crippen LogP contribution >= 0.6 is 0 Å². The lowest BCUT2D eigenvalue weighted by atomic mass is 10.2. The molecule has 6 nitrogen and oxygen atoms in total. The molecule has 1 heterocycles. The summed E-state index contributed by atoms with van der Waals surface area (Å²) in [6.07, 6.45) is 3.16. The summed E-state index contributed by atoms with van der Waals surface area (Å²) >= 11 is 0. The van der Waals surface area contributed by atoms with Crippen LogP contribution in [0.5, 0.6) is 23.0 Å². The molecule has 0 fully saturated rings. The van der Waals surface area contributed by atoms with E-state index in [1.165, 1.54) is 6.08 Å². The highest BCUT2D eigenvalue weighted by Crippen LogP contribution is 2.33. The Kier molecular flexibility index (Phi) is 4.56. The Balaban J connectivity index is 1.67. The summed E-state index contributed by atoms with van der Waals surface area (Å²) in [5.74, 6) is 2.29. The van der Waals surface area contributed by atoms with Gasteiger partial charge in [-0.25, -0.2) is 0 Å². The number of carbonyl (C=O) groups is 1. The average molecular weight is 327 g/mol. The van der Waals surface area contributed by atoms with E-state index >= 15 is 0 Å². The average Bonchev–Trinajstić information content (AvgIpc) is 3.07. The molecule has 2 aromatic rings. The van der Waals surface area contributed by atoms with Gasteiger partial charge in [0.2, 0.25) is 12.7 Å². The van der Waals surface area contributed by atoms with Crippen molar-refractivity contribution in [2.45, 2.75) is 0 Å². The Bertz CT molecular complexity index is 785. The predicted octanol–water partition coefficient (Wildman–Crippen LogP) is 3.08. The number of nitrogens with one attached hydrogen (secondary N) is 1. The van der Waals surface area contributed by atoms with Crippen LogP contribution in [0, 0.1) is 0 Å². The van der Waals surface area contributed by atoms with Gasteiger partial charge in [-0.05, 0) is 35.9 Å². The minimum atomic E-state index is -0.250. The first-order valence-corrected chi connectivity index (χ1v) is 7.30. The number of ether oxygens (including phenoxy) is 4. The molecule has 24 heavy (non-hydrogen) atoms. The third-order valence-corrected chi connectivity index (χ3v) is 3.47. The van der Waals surface area contributed by atoms with Crippen LogP contribution in [0.15, 0.2) is 42.5 Å². The molecular formula is C18H17NO5. The molecule has 0 aliphatic carbocycles. The Morgan fingerprint density at radius 2 is 1.83 bits per heavy atom. The molecule has 0 atom stereocenters. The van der Waals surface area contributed by atoms with E-state index in [0.717, 1.165) is 5.56 Å². The van der Waals surface area contributed by atoms with E-state index < -0.39 is 0 Å². The van der Waals surface area contributed by atoms with E-state index in [0.29, 0.717) is 28.7 Å². The Labute approximate surface area is 139 Å². The zero-order valence-electron chi connectivity index (χ0n) is 13.4. The molecule has 1 aliphatic rings. The van der Waals surface area contributed by atoms with Crippen molar-refractivity contribution in [3.05, 3.63) is 48.0 Å². The first-order chi connectivity index (χ1) is 11.7. The fourth-order valence-electron chi connectivity index (χ4n) is 2.29. The molecule has 1 aliphatic heterocycles. The van der Waals surface area contributed by atoms with E-state index in [2.05, 4.69) is 5.32 Å². The Hall–Kier alpha value is -3.15. The third kappa shape index (κ3) is 3.43. The summed E-state index contributed by atoms with van der Waals surface area (Å²) in [5, 5.41) is 2.77. The normalized spacial score (nSPS) is 12.2. The maximum atomic E-state index is 12.0. The predicted molar refractivity (Wildman–Crippen MR) is 89.8 cm³/mol. The Morgan fingerprint density at radius 3 is 2.62 bits per heavy atom. The van der Waals surface area contributed by atoms with Gasteiger partial charge >= 0.3 is 0 Å². The number of anilines is 1. The molecule has 1 amide bonds. The molecule has 0 radical (unpaired) electrons. The zero-order valence-corrected chi connectivity index (χ0v) is 13.4. The number of hydrogen-bond acceptors (Lipinski definition) is 5. The molecule has 0 spiro atoms. The fraction of sp³-hybridized carbons (Fsp3) is 0.167. The summed E-state index contributed by atoms with van der Waals surface area (Å²) in [7, 11) is 3.10. The van der Waals surface area contributed by atoms with Gasteiger partial charge in [-0.2, -0.15) is 0 Å². The minimum Gasteiger partial charge on any atom is -0.493 e. The van der Waals surface area contributed by atoms with Crippen LogP contribution in [0.1, 0.15) is 5.56 Å². The summed E-state index contributed by atoms with van der Waals surface area (Å²) in [4.78, 5) is 12.0. The highest BCUT2D eigenvalue weighted by molar-refractivity contribution is 6.02. The lowest BCUT2D eigenvalue weighted by Gasteiger charge is -2.09. The van der Waals surface area contributed by atoms with Gasteiger partial charge in [0.25, 0.3) is 0 Å². The number of fused-ring (bicyclic) bond motifs is 1. The van der Waals surface area contributed by atoms with Crippen LogP contribution in [0.3, 0.4) is 0 Å². The number of methoxy groups -OCH3 is 2. The van der Waals surface area contributed by atoms with Gasteiger partial charge < -0.3 is 24.3 Å². The smallest absolute Gasteiger partial charge is 0.248 e. The largest absolute Gasteiger partial charge is 0.493 e. The quantitative estimate of drug-likeness (QED) is 0.855. The van der Waals surface area contributed by atoms with Gasteiger partial charge in [0.05, 0.1) is 14.2 Å². The highest BCUT2D eigenvalue weighted by atomic mass is 16.7. The molecule has 0 bridgehead atoms. The highest BCUT2D eigenvalue weighted by Gasteiger charge is 2.12. The SMILES string of the molecule is COc1ccc(NC(=O)C=Cc2ccc3c(c2)OCO3)cc1OC. The lowest BCUT2D eigenvalue weighted by Crippen LogP contribution is -2.07. The van der Waals surface area contributed by atoms with Crippen molar-refractivity contribution in [2.24, 2.45) is 0 Å². The number of carbonyl (C=O) groups excluding carboxylic acids is 1. The lowest BCUT2D eigenvalue weighted by molar-refractivity contribution is -0.111. The standard InChI is InChI=1S/C18H17NO5/c1-21-14-7-5-13(10-16(14)22-2)19-18(20)8-4-12-3-6-15-17(9-12)24-11-23-15/h3-10H,11H2,1-2H3,(H,19,20). The number of benzene rings is 2. The van der Waals surface area contributed by atoms with E-state index in [1.807, 2.05) is 18.2 Å². The van der Waals surface area contributed by atoms with Crippen LogP contribution in [0.2, 0.25) is 0 Å². The summed E-state index contributed by atoms with van der Waals surface area (Å²) in [6.45, 7) is 0.224. The monoisotopic (exact) mass is 327 g/mol. The first-order valence-electron chi connectivity index (χ1n) is 7.30. The van der Waals surface area contributed by atoms with Gasteiger partial charge in [-0.1, -0.05) is 6.07 Å². The van der Waals surface area contributed by atoms with E-state index in [4.69, 9.17) is 18.9 Å². The van der Waals surface area contributed by atoms with Crippen molar-refractivity contribution in [1.29, 1.82) is 0 Å². The van der Waals surface area contributed by atoms with E-state index in [1.54, 1.807) is 38.5 Å². The van der Waals surface area contributed by atoms with Crippen molar-refractivity contribution in [1.82, 2.24) is 0 Å². The van der Waals surface area contributed by atoms with Crippen LogP contribution in [-0.2, 0) is 4.79 Å². The number of hydrogen-bond donors (Lipinski definition) is 1. The Morgan fingerprint density at radius 1 is 1.04 bits per heavy atom. The van der Waals surface area contributed by atoms with Gasteiger partial charge in [0, 0.05) is 17.8 Å². The second-order valence-electron chi connectivity index (χ2n) is 5.01. The van der Waals surface area contributed by atoms with Crippen molar-refractivity contribution >= 4 is 17.7 Å². The zero-order chi connectivity index (χ0) is 16.9. The molecule has 0 aromatic heterocycles. The number of amides is 1. The summed E-state index contributed by atoms with van der Waals surface area (Å²) in [6, 6.07) is 10.7. The second kappa shape index (κ2) is 6.95. The van der Waals surface area contributed by atoms with Crippen molar-refractivity contribution in [3.8, 4) is 23.0 Å². The van der Waals surface area contributed by atoms with Crippen LogP contribution in [0.25, 0.3) is 6.08 Å². The molecule has 124 valence electrons. The first kappa shape index (κ1) is 15.7. The van der Waals surface area contributed by atoms with Crippen LogP contribution in [0.4, 0.5) is 5.69 Å². The maximum absolute atomic E-state index is 12.0. The molecule has 0 saturated carbocycles. The topological polar surface area (TPSA) is 66.0 Å².